The number of aliphatic hydroxyl groups is 1. The molecule has 138 valence electrons. The average molecular weight is 366 g/mol. The number of ketones is 3. The number of fused-ring (bicyclic) bond motifs is 3. The quantitative estimate of drug-likeness (QED) is 0.605. The van der Waals surface area contributed by atoms with Crippen molar-refractivity contribution in [3.05, 3.63) is 52.1 Å². The van der Waals surface area contributed by atoms with E-state index >= 15 is 0 Å². The second-order valence-electron chi connectivity index (χ2n) is 7.43. The number of Topliss-reactive ketones (excluding diaryl/α,β-unsaturated/α-hetero) is 2. The smallest absolute Gasteiger partial charge is 0.308 e. The lowest BCUT2D eigenvalue weighted by molar-refractivity contribution is -0.132. The van der Waals surface area contributed by atoms with Crippen LogP contribution in [0.2, 0.25) is 0 Å². The van der Waals surface area contributed by atoms with Crippen LogP contribution in [0.15, 0.2) is 41.0 Å². The van der Waals surface area contributed by atoms with Gasteiger partial charge in [-0.15, -0.1) is 0 Å². The fourth-order valence-electron chi connectivity index (χ4n) is 4.52. The lowest BCUT2D eigenvalue weighted by Crippen LogP contribution is -2.51. The summed E-state index contributed by atoms with van der Waals surface area (Å²) < 4.78 is 5.11. The van der Waals surface area contributed by atoms with Crippen molar-refractivity contribution < 1.29 is 29.0 Å². The third kappa shape index (κ3) is 2.51. The summed E-state index contributed by atoms with van der Waals surface area (Å²) in [6.07, 6.45) is 2.15. The van der Waals surface area contributed by atoms with E-state index in [4.69, 9.17) is 4.74 Å². The lowest BCUT2D eigenvalue weighted by atomic mass is 9.61. The second kappa shape index (κ2) is 5.82. The zero-order valence-electron chi connectivity index (χ0n) is 15.0. The molecule has 0 unspecified atom stereocenters. The summed E-state index contributed by atoms with van der Waals surface area (Å²) in [5, 5.41) is 11.1. The van der Waals surface area contributed by atoms with Gasteiger partial charge in [0.05, 0.1) is 17.1 Å². The maximum atomic E-state index is 13.2. The number of hydrogen-bond donors (Lipinski definition) is 1. The van der Waals surface area contributed by atoms with E-state index in [2.05, 4.69) is 0 Å². The van der Waals surface area contributed by atoms with Gasteiger partial charge in [0.2, 0.25) is 0 Å². The van der Waals surface area contributed by atoms with E-state index in [9.17, 15) is 24.3 Å². The summed E-state index contributed by atoms with van der Waals surface area (Å²) in [6.45, 7) is 2.99. The van der Waals surface area contributed by atoms with Gasteiger partial charge in [0.25, 0.3) is 0 Å². The molecule has 0 saturated carbocycles. The van der Waals surface area contributed by atoms with Crippen LogP contribution in [0.25, 0.3) is 0 Å². The highest BCUT2D eigenvalue weighted by atomic mass is 16.5. The largest absolute Gasteiger partial charge is 0.426 e. The second-order valence-corrected chi connectivity index (χ2v) is 7.43. The van der Waals surface area contributed by atoms with Gasteiger partial charge >= 0.3 is 5.97 Å². The van der Waals surface area contributed by atoms with Crippen molar-refractivity contribution in [1.82, 2.24) is 0 Å². The number of carbonyl (C=O) groups is 4. The van der Waals surface area contributed by atoms with Crippen LogP contribution in [-0.2, 0) is 9.59 Å². The maximum Gasteiger partial charge on any atom is 0.308 e. The zero-order chi connectivity index (χ0) is 19.5. The molecule has 1 aromatic rings. The zero-order valence-corrected chi connectivity index (χ0v) is 15.0. The molecule has 0 aliphatic heterocycles. The van der Waals surface area contributed by atoms with Crippen LogP contribution in [-0.4, -0.2) is 34.0 Å². The van der Waals surface area contributed by atoms with Gasteiger partial charge in [-0.25, -0.2) is 0 Å². The molecule has 0 bridgehead atoms. The molecule has 4 rings (SSSR count). The predicted octanol–water partition coefficient (Wildman–Crippen LogP) is 2.35. The molecular formula is C21H18O6. The lowest BCUT2D eigenvalue weighted by Gasteiger charge is -2.44. The van der Waals surface area contributed by atoms with Crippen LogP contribution in [0, 0.1) is 5.92 Å². The highest BCUT2D eigenvalue weighted by Gasteiger charge is 2.53. The Morgan fingerprint density at radius 2 is 1.96 bits per heavy atom. The van der Waals surface area contributed by atoms with E-state index in [0.29, 0.717) is 6.42 Å². The molecule has 0 radical (unpaired) electrons. The first-order valence-electron chi connectivity index (χ1n) is 8.80. The minimum Gasteiger partial charge on any atom is -0.426 e. The minimum absolute atomic E-state index is 0.0384. The summed E-state index contributed by atoms with van der Waals surface area (Å²) in [6, 6.07) is 4.47. The van der Waals surface area contributed by atoms with E-state index in [1.807, 2.05) is 0 Å². The highest BCUT2D eigenvalue weighted by molar-refractivity contribution is 6.30. The highest BCUT2D eigenvalue weighted by Crippen LogP contribution is 2.49. The predicted molar refractivity (Wildman–Crippen MR) is 94.5 cm³/mol. The van der Waals surface area contributed by atoms with E-state index in [1.165, 1.54) is 31.2 Å². The van der Waals surface area contributed by atoms with Crippen LogP contribution in [0.1, 0.15) is 53.8 Å². The molecule has 27 heavy (non-hydrogen) atoms. The summed E-state index contributed by atoms with van der Waals surface area (Å²) in [5.41, 5.74) is -0.110. The molecule has 3 aliphatic carbocycles. The van der Waals surface area contributed by atoms with Crippen LogP contribution in [0.4, 0.5) is 0 Å². The average Bonchev–Trinajstić information content (AvgIpc) is 2.57. The third-order valence-electron chi connectivity index (χ3n) is 5.49. The van der Waals surface area contributed by atoms with Crippen molar-refractivity contribution in [3.63, 3.8) is 0 Å². The third-order valence-corrected chi connectivity index (χ3v) is 5.49. The molecule has 0 amide bonds. The first-order chi connectivity index (χ1) is 12.7. The number of ether oxygens (including phenoxy) is 1. The molecule has 0 heterocycles. The van der Waals surface area contributed by atoms with Crippen molar-refractivity contribution in [2.45, 2.75) is 38.7 Å². The summed E-state index contributed by atoms with van der Waals surface area (Å²) in [4.78, 5) is 50.4. The number of carbonyl (C=O) groups excluding carboxylic acids is 4. The fourth-order valence-corrected chi connectivity index (χ4v) is 4.52. The Kier molecular flexibility index (Phi) is 3.78. The molecule has 1 aromatic carbocycles. The van der Waals surface area contributed by atoms with E-state index in [1.54, 1.807) is 6.92 Å². The van der Waals surface area contributed by atoms with Crippen LogP contribution in [0.3, 0.4) is 0 Å². The molecule has 0 aromatic heterocycles. The van der Waals surface area contributed by atoms with Gasteiger partial charge in [-0.1, -0.05) is 17.7 Å². The molecule has 0 saturated heterocycles. The molecule has 6 heteroatoms. The summed E-state index contributed by atoms with van der Waals surface area (Å²) in [7, 11) is 0. The molecule has 0 spiro atoms. The number of rotatable bonds is 1. The van der Waals surface area contributed by atoms with Crippen LogP contribution >= 0.6 is 0 Å². The van der Waals surface area contributed by atoms with Crippen molar-refractivity contribution in [2.24, 2.45) is 5.92 Å². The summed E-state index contributed by atoms with van der Waals surface area (Å²) in [5.74, 6) is -2.82. The van der Waals surface area contributed by atoms with E-state index in [0.717, 1.165) is 5.57 Å². The molecule has 1 N–H and O–H groups in total. The van der Waals surface area contributed by atoms with Gasteiger partial charge in [0.1, 0.15) is 5.75 Å². The molecule has 2 atom stereocenters. The number of hydrogen-bond acceptors (Lipinski definition) is 6. The Morgan fingerprint density at radius 1 is 1.22 bits per heavy atom. The van der Waals surface area contributed by atoms with Gasteiger partial charge in [-0.05, 0) is 38.3 Å². The van der Waals surface area contributed by atoms with Gasteiger partial charge < -0.3 is 9.84 Å². The molecular weight excluding hydrogens is 348 g/mol. The van der Waals surface area contributed by atoms with Crippen LogP contribution < -0.4 is 4.74 Å². The fraction of sp³-hybridized carbons (Fsp3) is 0.333. The molecule has 6 nitrogen and oxygen atoms in total. The van der Waals surface area contributed by atoms with Crippen LogP contribution in [0.5, 0.6) is 5.75 Å². The monoisotopic (exact) mass is 366 g/mol. The number of allylic oxidation sites excluding steroid dienone is 2. The Hall–Kier alpha value is -2.86. The minimum atomic E-state index is -1.35. The normalized spacial score (nSPS) is 26.9. The SMILES string of the molecule is CC(=O)Oc1cccc2c1C(=O)C1=C(C2=O)[C@H]2C(=O)C=C(C)C[C@@]2(O)CC1. The first-order valence-corrected chi connectivity index (χ1v) is 8.80. The van der Waals surface area contributed by atoms with Crippen molar-refractivity contribution in [1.29, 1.82) is 0 Å². The van der Waals surface area contributed by atoms with E-state index in [-0.39, 0.29) is 46.6 Å². The maximum absolute atomic E-state index is 13.2. The van der Waals surface area contributed by atoms with E-state index < -0.39 is 29.1 Å². The van der Waals surface area contributed by atoms with Crippen molar-refractivity contribution in [2.75, 3.05) is 0 Å². The molecule has 0 fully saturated rings. The Bertz CT molecular complexity index is 996. The van der Waals surface area contributed by atoms with Crippen molar-refractivity contribution in [3.8, 4) is 5.75 Å². The number of esters is 1. The van der Waals surface area contributed by atoms with Gasteiger partial charge in [-0.3, -0.25) is 19.2 Å². The Balaban J connectivity index is 1.90. The Labute approximate surface area is 155 Å². The standard InChI is InChI=1S/C21H18O6/c1-10-8-14(23)18-17-13(6-7-21(18,26)9-10)19(24)16-12(20(17)25)4-3-5-15(16)27-11(2)22/h3-5,8,18,26H,6-7,9H2,1-2H3/t18-,21+/m1/s1. The topological polar surface area (TPSA) is 97.7 Å². The van der Waals surface area contributed by atoms with Crippen molar-refractivity contribution >= 4 is 23.3 Å². The molecule has 3 aliphatic rings. The van der Waals surface area contributed by atoms with Gasteiger partial charge in [-0.2, -0.15) is 0 Å². The Morgan fingerprint density at radius 3 is 2.67 bits per heavy atom. The number of benzene rings is 1. The summed E-state index contributed by atoms with van der Waals surface area (Å²) >= 11 is 0. The van der Waals surface area contributed by atoms with Gasteiger partial charge in [0, 0.05) is 23.6 Å². The first kappa shape index (κ1) is 17.5. The van der Waals surface area contributed by atoms with Gasteiger partial charge in [0.15, 0.2) is 17.3 Å².